The van der Waals surface area contributed by atoms with Crippen LogP contribution in [0, 0.1) is 6.92 Å². The summed E-state index contributed by atoms with van der Waals surface area (Å²) in [6.07, 6.45) is 3.47. The molecule has 0 unspecified atom stereocenters. The van der Waals surface area contributed by atoms with Crippen molar-refractivity contribution >= 4 is 23.7 Å². The number of ether oxygens (including phenoxy) is 2. The van der Waals surface area contributed by atoms with E-state index in [1.807, 2.05) is 26.8 Å². The number of rotatable bonds is 9. The molecule has 2 N–H and O–H groups in total. The topological polar surface area (TPSA) is 105 Å². The third kappa shape index (κ3) is 4.75. The third-order valence-corrected chi connectivity index (χ3v) is 5.21. The molecular formula is C22H30N2O6. The number of nitrogens with one attached hydrogen (secondary N) is 1. The summed E-state index contributed by atoms with van der Waals surface area (Å²) in [5, 5.41) is 11.6. The van der Waals surface area contributed by atoms with Crippen LogP contribution in [0.1, 0.15) is 60.2 Å². The molecule has 1 aromatic carbocycles. The van der Waals surface area contributed by atoms with Gasteiger partial charge in [-0.3, -0.25) is 9.69 Å². The molecule has 0 aliphatic carbocycles. The normalized spacial score (nSPS) is 13.0. The maximum Gasteiger partial charge on any atom is 0.341 e. The quantitative estimate of drug-likeness (QED) is 0.469. The van der Waals surface area contributed by atoms with Crippen LogP contribution in [-0.2, 0) is 22.6 Å². The second-order valence-electron chi connectivity index (χ2n) is 7.27. The number of aliphatic carboxylic acids is 1. The van der Waals surface area contributed by atoms with Crippen LogP contribution in [0.15, 0.2) is 11.6 Å². The van der Waals surface area contributed by atoms with E-state index < -0.39 is 11.9 Å². The zero-order chi connectivity index (χ0) is 22.4. The van der Waals surface area contributed by atoms with Gasteiger partial charge >= 0.3 is 18.0 Å². The first-order chi connectivity index (χ1) is 14.3. The first-order valence-corrected chi connectivity index (χ1v) is 10.0. The Morgan fingerprint density at radius 1 is 1.33 bits per heavy atom. The van der Waals surface area contributed by atoms with Crippen molar-refractivity contribution in [2.24, 2.45) is 0 Å². The Kier molecular flexibility index (Phi) is 7.86. The van der Waals surface area contributed by atoms with Crippen LogP contribution >= 0.6 is 0 Å². The molecule has 0 spiro atoms. The van der Waals surface area contributed by atoms with Gasteiger partial charge in [0.2, 0.25) is 0 Å². The predicted molar refractivity (Wildman–Crippen MR) is 113 cm³/mol. The van der Waals surface area contributed by atoms with E-state index in [1.165, 1.54) is 0 Å². The van der Waals surface area contributed by atoms with Gasteiger partial charge in [-0.25, -0.2) is 9.59 Å². The first kappa shape index (κ1) is 23.3. The van der Waals surface area contributed by atoms with E-state index in [9.17, 15) is 14.4 Å². The van der Waals surface area contributed by atoms with Crippen molar-refractivity contribution in [3.05, 3.63) is 33.9 Å². The fraction of sp³-hybridized carbons (Fsp3) is 0.500. The Morgan fingerprint density at radius 3 is 2.60 bits per heavy atom. The average Bonchev–Trinajstić information content (AvgIpc) is 3.10. The Hall–Kier alpha value is -3.03. The summed E-state index contributed by atoms with van der Waals surface area (Å²) in [5.74, 6) is -0.705. The van der Waals surface area contributed by atoms with E-state index in [4.69, 9.17) is 14.6 Å². The highest BCUT2D eigenvalue weighted by Crippen LogP contribution is 2.43. The summed E-state index contributed by atoms with van der Waals surface area (Å²) >= 11 is 0. The molecule has 2 rings (SSSR count). The Bertz CT molecular complexity index is 875. The number of benzene rings is 1. The van der Waals surface area contributed by atoms with Crippen LogP contribution in [0.2, 0.25) is 0 Å². The SMILES string of the molecule is CCCN(C(=O)NC)c1c(C/C=C(\C)CCC(=O)O)c(OC)c(C)c2c1C(=O)OC2. The molecule has 1 aliphatic heterocycles. The fourth-order valence-corrected chi connectivity index (χ4v) is 3.68. The molecule has 0 atom stereocenters. The number of fused-ring (bicyclic) bond motifs is 1. The number of methoxy groups -OCH3 is 1. The van der Waals surface area contributed by atoms with Crippen molar-refractivity contribution in [2.45, 2.75) is 53.1 Å². The van der Waals surface area contributed by atoms with Gasteiger partial charge in [0.1, 0.15) is 12.4 Å². The standard InChI is InChI=1S/C22H30N2O6/c1-6-11-24(22(28)23-4)19-15(9-7-13(2)8-10-17(25)26)20(29-5)14(3)16-12-30-21(27)18(16)19/h7H,6,8-12H2,1-5H3,(H,23,28)(H,25,26)/b13-7+. The minimum absolute atomic E-state index is 0.0437. The van der Waals surface area contributed by atoms with Gasteiger partial charge in [0, 0.05) is 31.1 Å². The molecule has 1 heterocycles. The van der Waals surface area contributed by atoms with Gasteiger partial charge in [-0.2, -0.15) is 0 Å². The van der Waals surface area contributed by atoms with E-state index in [0.717, 1.165) is 16.7 Å². The number of urea groups is 1. The smallest absolute Gasteiger partial charge is 0.341 e. The number of carboxylic acid groups (broad SMARTS) is 1. The molecule has 0 fully saturated rings. The molecular weight excluding hydrogens is 388 g/mol. The third-order valence-electron chi connectivity index (χ3n) is 5.21. The first-order valence-electron chi connectivity index (χ1n) is 10.0. The van der Waals surface area contributed by atoms with E-state index in [-0.39, 0.29) is 19.1 Å². The highest BCUT2D eigenvalue weighted by Gasteiger charge is 2.35. The lowest BCUT2D eigenvalue weighted by molar-refractivity contribution is -0.136. The monoisotopic (exact) mass is 418 g/mol. The molecule has 0 radical (unpaired) electrons. The maximum atomic E-state index is 12.7. The largest absolute Gasteiger partial charge is 0.496 e. The fourth-order valence-electron chi connectivity index (χ4n) is 3.68. The minimum atomic E-state index is -0.856. The molecule has 1 aliphatic rings. The van der Waals surface area contributed by atoms with Crippen LogP contribution in [-0.4, -0.2) is 43.8 Å². The minimum Gasteiger partial charge on any atom is -0.496 e. The van der Waals surface area contributed by atoms with Crippen LogP contribution in [0.5, 0.6) is 5.75 Å². The summed E-state index contributed by atoms with van der Waals surface area (Å²) in [6.45, 7) is 6.25. The van der Waals surface area contributed by atoms with Gasteiger partial charge < -0.3 is 19.9 Å². The Morgan fingerprint density at radius 2 is 2.03 bits per heavy atom. The van der Waals surface area contributed by atoms with Gasteiger partial charge in [-0.05, 0) is 38.7 Å². The molecule has 0 aromatic heterocycles. The van der Waals surface area contributed by atoms with Crippen molar-refractivity contribution in [1.29, 1.82) is 0 Å². The summed E-state index contributed by atoms with van der Waals surface area (Å²) in [7, 11) is 3.11. The van der Waals surface area contributed by atoms with Crippen LogP contribution < -0.4 is 15.0 Å². The van der Waals surface area contributed by atoms with Crippen LogP contribution in [0.25, 0.3) is 0 Å². The summed E-state index contributed by atoms with van der Waals surface area (Å²) < 4.78 is 11.0. The number of carbonyl (C=O) groups is 3. The maximum absolute atomic E-state index is 12.7. The van der Waals surface area contributed by atoms with Crippen molar-refractivity contribution in [1.82, 2.24) is 5.32 Å². The second-order valence-corrected chi connectivity index (χ2v) is 7.27. The van der Waals surface area contributed by atoms with Crippen LogP contribution in [0.4, 0.5) is 10.5 Å². The zero-order valence-corrected chi connectivity index (χ0v) is 18.3. The lowest BCUT2D eigenvalue weighted by atomic mass is 9.92. The Labute approximate surface area is 176 Å². The lowest BCUT2D eigenvalue weighted by Gasteiger charge is -2.28. The number of allylic oxidation sites excluding steroid dienone is 2. The van der Waals surface area contributed by atoms with E-state index in [1.54, 1.807) is 19.1 Å². The van der Waals surface area contributed by atoms with Gasteiger partial charge in [-0.15, -0.1) is 0 Å². The van der Waals surface area contributed by atoms with Gasteiger partial charge in [0.25, 0.3) is 0 Å². The highest BCUT2D eigenvalue weighted by molar-refractivity contribution is 6.06. The van der Waals surface area contributed by atoms with Gasteiger partial charge in [0.15, 0.2) is 0 Å². The molecule has 164 valence electrons. The number of hydrogen-bond donors (Lipinski definition) is 2. The molecule has 2 amide bonds. The molecule has 30 heavy (non-hydrogen) atoms. The van der Waals surface area contributed by atoms with Crippen molar-refractivity contribution in [3.8, 4) is 5.75 Å². The van der Waals surface area contributed by atoms with E-state index >= 15 is 0 Å². The molecule has 0 saturated heterocycles. The van der Waals surface area contributed by atoms with Crippen molar-refractivity contribution in [3.63, 3.8) is 0 Å². The van der Waals surface area contributed by atoms with Gasteiger partial charge in [-0.1, -0.05) is 18.6 Å². The number of esters is 1. The molecule has 0 bridgehead atoms. The second kappa shape index (κ2) is 10.1. The number of carbonyl (C=O) groups excluding carboxylic acids is 2. The summed E-state index contributed by atoms with van der Waals surface area (Å²) in [6, 6.07) is -0.322. The zero-order valence-electron chi connectivity index (χ0n) is 18.3. The molecule has 8 nitrogen and oxygen atoms in total. The van der Waals surface area contributed by atoms with Crippen molar-refractivity contribution in [2.75, 3.05) is 25.6 Å². The predicted octanol–water partition coefficient (Wildman–Crippen LogP) is 3.58. The number of cyclic esters (lactones) is 1. The average molecular weight is 418 g/mol. The van der Waals surface area contributed by atoms with Crippen LogP contribution in [0.3, 0.4) is 0 Å². The van der Waals surface area contributed by atoms with E-state index in [2.05, 4.69) is 5.32 Å². The number of anilines is 1. The van der Waals surface area contributed by atoms with Gasteiger partial charge in [0.05, 0.1) is 18.4 Å². The number of hydrogen-bond acceptors (Lipinski definition) is 5. The number of amides is 2. The lowest BCUT2D eigenvalue weighted by Crippen LogP contribution is -2.40. The number of carboxylic acids is 1. The summed E-state index contributed by atoms with van der Waals surface area (Å²) in [4.78, 5) is 37.7. The molecule has 8 heteroatoms. The number of nitrogens with zero attached hydrogens (tertiary/aromatic N) is 1. The molecule has 0 saturated carbocycles. The van der Waals surface area contributed by atoms with Crippen molar-refractivity contribution < 1.29 is 29.0 Å². The Balaban J connectivity index is 2.68. The van der Waals surface area contributed by atoms with E-state index in [0.29, 0.717) is 48.4 Å². The summed E-state index contributed by atoms with van der Waals surface area (Å²) in [5.41, 5.74) is 4.05. The highest BCUT2D eigenvalue weighted by atomic mass is 16.5. The molecule has 1 aromatic rings.